The fraction of sp³-hybridized carbons (Fsp3) is 0.667. The van der Waals surface area contributed by atoms with E-state index in [9.17, 15) is 4.79 Å². The fourth-order valence-electron chi connectivity index (χ4n) is 0.0900. The predicted octanol–water partition coefficient (Wildman–Crippen LogP) is -1.79. The topological polar surface area (TPSA) is 89.3 Å². The third kappa shape index (κ3) is 3.86. The van der Waals surface area contributed by atoms with Gasteiger partial charge in [-0.15, -0.1) is 12.4 Å². The van der Waals surface area contributed by atoms with E-state index in [-0.39, 0.29) is 19.0 Å². The van der Waals surface area contributed by atoms with Crippen LogP contribution in [0.1, 0.15) is 0 Å². The van der Waals surface area contributed by atoms with E-state index < -0.39 is 11.9 Å². The number of primary amides is 1. The molecule has 0 saturated carbocycles. The van der Waals surface area contributed by atoms with Crippen LogP contribution < -0.4 is 11.5 Å². The summed E-state index contributed by atoms with van der Waals surface area (Å²) < 4.78 is 0. The van der Waals surface area contributed by atoms with E-state index in [0.717, 1.165) is 0 Å². The maximum Gasteiger partial charge on any atom is 0.236 e. The van der Waals surface area contributed by atoms with Crippen molar-refractivity contribution in [3.05, 3.63) is 0 Å². The molecule has 0 radical (unpaired) electrons. The highest BCUT2D eigenvalue weighted by molar-refractivity contribution is 5.85. The summed E-state index contributed by atoms with van der Waals surface area (Å²) in [4.78, 5) is 9.87. The van der Waals surface area contributed by atoms with Gasteiger partial charge in [-0.25, -0.2) is 0 Å². The molecule has 0 fully saturated rings. The number of halogens is 1. The van der Waals surface area contributed by atoms with E-state index in [2.05, 4.69) is 5.73 Å². The Bertz CT molecular complexity index is 77.7. The molecule has 0 aliphatic carbocycles. The van der Waals surface area contributed by atoms with Crippen molar-refractivity contribution in [3.63, 3.8) is 0 Å². The van der Waals surface area contributed by atoms with Gasteiger partial charge in [-0.2, -0.15) is 0 Å². The predicted molar refractivity (Wildman–Crippen MR) is 31.5 cm³/mol. The van der Waals surface area contributed by atoms with Crippen LogP contribution in [0.25, 0.3) is 0 Å². The van der Waals surface area contributed by atoms with Crippen molar-refractivity contribution >= 4 is 18.3 Å². The van der Waals surface area contributed by atoms with E-state index >= 15 is 0 Å². The van der Waals surface area contributed by atoms with Gasteiger partial charge in [0.15, 0.2) is 0 Å². The van der Waals surface area contributed by atoms with Crippen molar-refractivity contribution in [1.29, 1.82) is 0 Å². The molecule has 8 heavy (non-hydrogen) atoms. The smallest absolute Gasteiger partial charge is 0.236 e. The highest BCUT2D eigenvalue weighted by Crippen LogP contribution is 1.67. The molecule has 0 aromatic rings. The number of hydrogen-bond donors (Lipinski definition) is 3. The van der Waals surface area contributed by atoms with E-state index in [1.54, 1.807) is 0 Å². The molecular weight excluding hydrogens is 131 g/mol. The Morgan fingerprint density at radius 2 is 2.12 bits per heavy atom. The maximum atomic E-state index is 9.87. The first-order valence-corrected chi connectivity index (χ1v) is 1.84. The van der Waals surface area contributed by atoms with Crippen LogP contribution >= 0.6 is 12.4 Å². The molecule has 0 unspecified atom stereocenters. The van der Waals surface area contributed by atoms with E-state index in [1.807, 2.05) is 0 Å². The fourth-order valence-corrected chi connectivity index (χ4v) is 0.0900. The second-order valence-corrected chi connectivity index (χ2v) is 1.19. The number of carbonyl (C=O) groups excluding carboxylic acids is 1. The van der Waals surface area contributed by atoms with Crippen LogP contribution in [0.4, 0.5) is 0 Å². The molecule has 50 valence electrons. The average molecular weight is 141 g/mol. The van der Waals surface area contributed by atoms with Crippen LogP contribution in [0.5, 0.6) is 0 Å². The number of nitrogens with two attached hydrogens (primary N) is 2. The lowest BCUT2D eigenvalue weighted by Gasteiger charge is -1.97. The lowest BCUT2D eigenvalue weighted by Crippen LogP contribution is -2.39. The summed E-state index contributed by atoms with van der Waals surface area (Å²) in [5.41, 5.74) is 9.51. The molecule has 0 aliphatic rings. The number of amides is 1. The second-order valence-electron chi connectivity index (χ2n) is 1.19. The van der Waals surface area contributed by atoms with Gasteiger partial charge in [0.1, 0.15) is 6.04 Å². The number of aliphatic hydroxyl groups excluding tert-OH is 1. The first kappa shape index (κ1) is 10.6. The first-order chi connectivity index (χ1) is 3.18. The zero-order valence-corrected chi connectivity index (χ0v) is 5.02. The summed E-state index contributed by atoms with van der Waals surface area (Å²) in [6.45, 7) is -0.380. The zero-order chi connectivity index (χ0) is 5.86. The highest BCUT2D eigenvalue weighted by Gasteiger charge is 2.04. The minimum Gasteiger partial charge on any atom is -0.394 e. The largest absolute Gasteiger partial charge is 0.394 e. The number of rotatable bonds is 2. The van der Waals surface area contributed by atoms with Gasteiger partial charge in [0.25, 0.3) is 0 Å². The van der Waals surface area contributed by atoms with Gasteiger partial charge < -0.3 is 16.6 Å². The molecule has 4 nitrogen and oxygen atoms in total. The molecule has 1 atom stereocenters. The Labute approximate surface area is 53.3 Å². The summed E-state index contributed by atoms with van der Waals surface area (Å²) in [6.07, 6.45) is 0. The van der Waals surface area contributed by atoms with Crippen molar-refractivity contribution in [2.45, 2.75) is 6.04 Å². The second kappa shape index (κ2) is 4.83. The molecule has 0 spiro atoms. The zero-order valence-electron chi connectivity index (χ0n) is 4.20. The Morgan fingerprint density at radius 3 is 2.12 bits per heavy atom. The Hall–Kier alpha value is -0.320. The van der Waals surface area contributed by atoms with Crippen LogP contribution in [-0.4, -0.2) is 23.7 Å². The van der Waals surface area contributed by atoms with Crippen molar-refractivity contribution in [3.8, 4) is 0 Å². The van der Waals surface area contributed by atoms with Crippen LogP contribution in [0.15, 0.2) is 0 Å². The molecule has 0 rings (SSSR count). The number of aliphatic hydroxyl groups is 1. The van der Waals surface area contributed by atoms with Gasteiger partial charge in [-0.3, -0.25) is 4.79 Å². The van der Waals surface area contributed by atoms with E-state index in [0.29, 0.717) is 0 Å². The van der Waals surface area contributed by atoms with Gasteiger partial charge in [-0.1, -0.05) is 0 Å². The quantitative estimate of drug-likeness (QED) is 0.423. The molecule has 0 saturated heterocycles. The SMILES string of the molecule is Cl.NC(=O)[C@H](N)CO. The van der Waals surface area contributed by atoms with Gasteiger partial charge in [-0.05, 0) is 0 Å². The average Bonchev–Trinajstić information content (AvgIpc) is 1.65. The van der Waals surface area contributed by atoms with E-state index in [1.165, 1.54) is 0 Å². The Morgan fingerprint density at radius 1 is 1.75 bits per heavy atom. The summed E-state index contributed by atoms with van der Waals surface area (Å²) in [7, 11) is 0. The molecule has 0 aromatic carbocycles. The minimum absolute atomic E-state index is 0. The van der Waals surface area contributed by atoms with Gasteiger partial charge in [0, 0.05) is 0 Å². The first-order valence-electron chi connectivity index (χ1n) is 1.84. The summed E-state index contributed by atoms with van der Waals surface area (Å²) in [5.74, 6) is -0.678. The standard InChI is InChI=1S/C3H8N2O2.ClH/c4-2(1-6)3(5)7;/h2,6H,1,4H2,(H2,5,7);1H/t2-;/m1./s1. The summed E-state index contributed by atoms with van der Waals surface area (Å²) in [5, 5.41) is 8.08. The van der Waals surface area contributed by atoms with Crippen molar-refractivity contribution < 1.29 is 9.90 Å². The Balaban J connectivity index is 0. The minimum atomic E-state index is -0.903. The van der Waals surface area contributed by atoms with Crippen molar-refractivity contribution in [1.82, 2.24) is 0 Å². The highest BCUT2D eigenvalue weighted by atomic mass is 35.5. The molecule has 0 bridgehead atoms. The van der Waals surface area contributed by atoms with Crippen LogP contribution in [0.3, 0.4) is 0 Å². The maximum absolute atomic E-state index is 9.87. The van der Waals surface area contributed by atoms with Crippen LogP contribution in [-0.2, 0) is 4.79 Å². The van der Waals surface area contributed by atoms with E-state index in [4.69, 9.17) is 10.8 Å². The van der Waals surface area contributed by atoms with Crippen LogP contribution in [0.2, 0.25) is 0 Å². The summed E-state index contributed by atoms with van der Waals surface area (Å²) in [6, 6.07) is -0.903. The normalized spacial score (nSPS) is 11.8. The lowest BCUT2D eigenvalue weighted by molar-refractivity contribution is -0.119. The van der Waals surface area contributed by atoms with Crippen molar-refractivity contribution in [2.75, 3.05) is 6.61 Å². The third-order valence-corrected chi connectivity index (χ3v) is 0.562. The molecular formula is C3H9ClN2O2. The van der Waals surface area contributed by atoms with Crippen molar-refractivity contribution in [2.24, 2.45) is 11.5 Å². The molecule has 5 N–H and O–H groups in total. The summed E-state index contributed by atoms with van der Waals surface area (Å²) >= 11 is 0. The van der Waals surface area contributed by atoms with Gasteiger partial charge in [0.2, 0.25) is 5.91 Å². The monoisotopic (exact) mass is 140 g/mol. The number of hydrogen-bond acceptors (Lipinski definition) is 3. The molecule has 1 amide bonds. The lowest BCUT2D eigenvalue weighted by atomic mass is 10.3. The molecule has 0 aliphatic heterocycles. The van der Waals surface area contributed by atoms with Gasteiger partial charge >= 0.3 is 0 Å². The molecule has 0 heterocycles. The number of carbonyl (C=O) groups is 1. The third-order valence-electron chi connectivity index (χ3n) is 0.562. The molecule has 5 heteroatoms. The van der Waals surface area contributed by atoms with Gasteiger partial charge in [0.05, 0.1) is 6.61 Å². The van der Waals surface area contributed by atoms with Crippen LogP contribution in [0, 0.1) is 0 Å². The molecule has 0 aromatic heterocycles. The Kier molecular flexibility index (Phi) is 6.41.